The summed E-state index contributed by atoms with van der Waals surface area (Å²) in [6.07, 6.45) is 2.10. The third kappa shape index (κ3) is 5.47. The first-order chi connectivity index (χ1) is 12.2. The molecule has 0 atom stereocenters. The summed E-state index contributed by atoms with van der Waals surface area (Å²) >= 11 is 5.92. The van der Waals surface area contributed by atoms with Crippen LogP contribution in [0.25, 0.3) is 0 Å². The molecule has 1 heterocycles. The van der Waals surface area contributed by atoms with Crippen molar-refractivity contribution >= 4 is 28.9 Å². The van der Waals surface area contributed by atoms with Gasteiger partial charge in [0.25, 0.3) is 0 Å². The number of hydrogen-bond donors (Lipinski definition) is 2. The van der Waals surface area contributed by atoms with Gasteiger partial charge in [0.1, 0.15) is 17.5 Å². The molecule has 0 saturated heterocycles. The molecule has 3 rings (SSSR count). The van der Waals surface area contributed by atoms with Crippen LogP contribution in [0.1, 0.15) is 17.8 Å². The average Bonchev–Trinajstić information content (AvgIpc) is 2.61. The molecular weight excluding hydrogens is 332 g/mol. The van der Waals surface area contributed by atoms with E-state index < -0.39 is 0 Å². The first kappa shape index (κ1) is 17.2. The minimum absolute atomic E-state index is 0.713. The molecule has 2 N–H and O–H groups in total. The number of nitrogens with one attached hydrogen (secondary N) is 2. The zero-order chi connectivity index (χ0) is 17.5. The number of halogens is 1. The summed E-state index contributed by atoms with van der Waals surface area (Å²) in [5, 5.41) is 7.37. The van der Waals surface area contributed by atoms with Gasteiger partial charge < -0.3 is 10.6 Å². The fraction of sp³-hybridized carbons (Fsp3) is 0.200. The highest BCUT2D eigenvalue weighted by Crippen LogP contribution is 2.19. The fourth-order valence-corrected chi connectivity index (χ4v) is 2.68. The molecule has 5 heteroatoms. The van der Waals surface area contributed by atoms with E-state index in [4.69, 9.17) is 11.6 Å². The Kier molecular flexibility index (Phi) is 5.86. The van der Waals surface area contributed by atoms with E-state index in [0.717, 1.165) is 42.5 Å². The van der Waals surface area contributed by atoms with Crippen molar-refractivity contribution in [3.05, 3.63) is 77.1 Å². The number of hydrogen-bond acceptors (Lipinski definition) is 4. The van der Waals surface area contributed by atoms with Crippen molar-refractivity contribution in [2.24, 2.45) is 0 Å². The highest BCUT2D eigenvalue weighted by Gasteiger charge is 2.03. The van der Waals surface area contributed by atoms with E-state index in [1.807, 2.05) is 43.3 Å². The van der Waals surface area contributed by atoms with Crippen molar-refractivity contribution in [3.63, 3.8) is 0 Å². The molecule has 0 bridgehead atoms. The Morgan fingerprint density at radius 2 is 1.64 bits per heavy atom. The maximum Gasteiger partial charge on any atom is 0.136 e. The second-order valence-corrected chi connectivity index (χ2v) is 6.27. The normalized spacial score (nSPS) is 10.5. The lowest BCUT2D eigenvalue weighted by Crippen LogP contribution is -2.07. The molecule has 0 aliphatic heterocycles. The highest BCUT2D eigenvalue weighted by atomic mass is 35.5. The standard InChI is InChI=1S/C20H21ClN4/c1-15-23-19(22-13-5-8-16-6-3-2-4-7-16)14-20(24-15)25-18-11-9-17(21)10-12-18/h2-4,6-7,9-12,14H,5,8,13H2,1H3,(H2,22,23,24,25). The lowest BCUT2D eigenvalue weighted by atomic mass is 10.1. The van der Waals surface area contributed by atoms with Crippen LogP contribution >= 0.6 is 11.6 Å². The SMILES string of the molecule is Cc1nc(NCCCc2ccccc2)cc(Nc2ccc(Cl)cc2)n1. The van der Waals surface area contributed by atoms with Crippen LogP contribution in [0.4, 0.5) is 17.3 Å². The Morgan fingerprint density at radius 1 is 0.920 bits per heavy atom. The number of aryl methyl sites for hydroxylation is 2. The van der Waals surface area contributed by atoms with Gasteiger partial charge in [-0.05, 0) is 49.6 Å². The predicted octanol–water partition coefficient (Wildman–Crippen LogP) is 5.23. The number of rotatable bonds is 7. The molecule has 128 valence electrons. The Morgan fingerprint density at radius 3 is 2.40 bits per heavy atom. The van der Waals surface area contributed by atoms with Crippen molar-refractivity contribution in [2.45, 2.75) is 19.8 Å². The molecule has 3 aromatic rings. The number of anilines is 3. The van der Waals surface area contributed by atoms with Gasteiger partial charge in [0.15, 0.2) is 0 Å². The van der Waals surface area contributed by atoms with Gasteiger partial charge in [-0.1, -0.05) is 41.9 Å². The van der Waals surface area contributed by atoms with E-state index in [-0.39, 0.29) is 0 Å². The van der Waals surface area contributed by atoms with Gasteiger partial charge in [0, 0.05) is 23.3 Å². The van der Waals surface area contributed by atoms with Crippen LogP contribution in [0.3, 0.4) is 0 Å². The quantitative estimate of drug-likeness (QED) is 0.572. The summed E-state index contributed by atoms with van der Waals surface area (Å²) in [6.45, 7) is 2.76. The molecule has 25 heavy (non-hydrogen) atoms. The molecule has 0 fully saturated rings. The molecule has 0 saturated carbocycles. The number of nitrogens with zero attached hydrogens (tertiary/aromatic N) is 2. The van der Waals surface area contributed by atoms with Crippen molar-refractivity contribution in [2.75, 3.05) is 17.2 Å². The van der Waals surface area contributed by atoms with Crippen molar-refractivity contribution in [1.82, 2.24) is 9.97 Å². The summed E-state index contributed by atoms with van der Waals surface area (Å²) < 4.78 is 0. The van der Waals surface area contributed by atoms with Crippen LogP contribution in [-0.4, -0.2) is 16.5 Å². The van der Waals surface area contributed by atoms with E-state index in [1.165, 1.54) is 5.56 Å². The average molecular weight is 353 g/mol. The van der Waals surface area contributed by atoms with Gasteiger partial charge in [0.05, 0.1) is 0 Å². The summed E-state index contributed by atoms with van der Waals surface area (Å²) in [4.78, 5) is 8.88. The zero-order valence-corrected chi connectivity index (χ0v) is 14.9. The molecule has 2 aromatic carbocycles. The van der Waals surface area contributed by atoms with E-state index in [1.54, 1.807) is 0 Å². The molecule has 1 aromatic heterocycles. The van der Waals surface area contributed by atoms with Crippen molar-refractivity contribution in [1.29, 1.82) is 0 Å². The van der Waals surface area contributed by atoms with E-state index in [9.17, 15) is 0 Å². The van der Waals surface area contributed by atoms with E-state index in [0.29, 0.717) is 5.02 Å². The minimum atomic E-state index is 0.713. The topological polar surface area (TPSA) is 49.8 Å². The Hall–Kier alpha value is -2.59. The van der Waals surface area contributed by atoms with E-state index in [2.05, 4.69) is 44.9 Å². The maximum atomic E-state index is 5.92. The Bertz CT molecular complexity index is 804. The molecular formula is C20H21ClN4. The van der Waals surface area contributed by atoms with Crippen molar-refractivity contribution < 1.29 is 0 Å². The summed E-state index contributed by atoms with van der Waals surface area (Å²) in [5.41, 5.74) is 2.30. The van der Waals surface area contributed by atoms with Gasteiger partial charge in [-0.15, -0.1) is 0 Å². The van der Waals surface area contributed by atoms with Gasteiger partial charge in [-0.3, -0.25) is 0 Å². The van der Waals surface area contributed by atoms with Crippen LogP contribution in [0, 0.1) is 6.92 Å². The Balaban J connectivity index is 1.56. The Labute approximate surface area is 153 Å². The highest BCUT2D eigenvalue weighted by molar-refractivity contribution is 6.30. The lowest BCUT2D eigenvalue weighted by Gasteiger charge is -2.10. The van der Waals surface area contributed by atoms with Gasteiger partial charge >= 0.3 is 0 Å². The summed E-state index contributed by atoms with van der Waals surface area (Å²) in [6, 6.07) is 20.0. The van der Waals surface area contributed by atoms with Crippen LogP contribution in [-0.2, 0) is 6.42 Å². The molecule has 0 aliphatic carbocycles. The van der Waals surface area contributed by atoms with Crippen LogP contribution in [0.15, 0.2) is 60.7 Å². The lowest BCUT2D eigenvalue weighted by molar-refractivity contribution is 0.856. The minimum Gasteiger partial charge on any atom is -0.370 e. The third-order valence-electron chi connectivity index (χ3n) is 3.75. The van der Waals surface area contributed by atoms with Gasteiger partial charge in [-0.2, -0.15) is 0 Å². The second kappa shape index (κ2) is 8.49. The number of aromatic nitrogens is 2. The van der Waals surface area contributed by atoms with Crippen LogP contribution in [0.2, 0.25) is 5.02 Å². The summed E-state index contributed by atoms with van der Waals surface area (Å²) in [5.74, 6) is 2.32. The fourth-order valence-electron chi connectivity index (χ4n) is 2.56. The predicted molar refractivity (Wildman–Crippen MR) is 105 cm³/mol. The molecule has 4 nitrogen and oxygen atoms in total. The summed E-state index contributed by atoms with van der Waals surface area (Å²) in [7, 11) is 0. The van der Waals surface area contributed by atoms with Crippen LogP contribution in [0.5, 0.6) is 0 Å². The van der Waals surface area contributed by atoms with Crippen molar-refractivity contribution in [3.8, 4) is 0 Å². The van der Waals surface area contributed by atoms with Crippen LogP contribution < -0.4 is 10.6 Å². The molecule has 0 radical (unpaired) electrons. The molecule has 0 amide bonds. The smallest absolute Gasteiger partial charge is 0.136 e. The second-order valence-electron chi connectivity index (χ2n) is 5.83. The molecule has 0 unspecified atom stereocenters. The zero-order valence-electron chi connectivity index (χ0n) is 14.2. The third-order valence-corrected chi connectivity index (χ3v) is 4.00. The molecule has 0 spiro atoms. The first-order valence-corrected chi connectivity index (χ1v) is 8.73. The van der Waals surface area contributed by atoms with Gasteiger partial charge in [0.2, 0.25) is 0 Å². The number of benzene rings is 2. The van der Waals surface area contributed by atoms with E-state index >= 15 is 0 Å². The largest absolute Gasteiger partial charge is 0.370 e. The monoisotopic (exact) mass is 352 g/mol. The maximum absolute atomic E-state index is 5.92. The van der Waals surface area contributed by atoms with Gasteiger partial charge in [-0.25, -0.2) is 9.97 Å². The molecule has 0 aliphatic rings. The first-order valence-electron chi connectivity index (χ1n) is 8.35.